The molecule has 0 saturated carbocycles. The van der Waals surface area contributed by atoms with Crippen LogP contribution in [-0.2, 0) is 11.2 Å². The lowest BCUT2D eigenvalue weighted by molar-refractivity contribution is -0.0885. The van der Waals surface area contributed by atoms with Gasteiger partial charge in [-0.2, -0.15) is 13.2 Å². The van der Waals surface area contributed by atoms with Crippen LogP contribution in [0.15, 0.2) is 24.3 Å². The lowest BCUT2D eigenvalue weighted by Crippen LogP contribution is -2.22. The summed E-state index contributed by atoms with van der Waals surface area (Å²) in [7, 11) is 1.54. The van der Waals surface area contributed by atoms with E-state index in [0.29, 0.717) is 13.0 Å². The van der Waals surface area contributed by atoms with Gasteiger partial charge in [-0.05, 0) is 12.0 Å². The molecule has 88 valence electrons. The molecule has 16 heavy (non-hydrogen) atoms. The van der Waals surface area contributed by atoms with E-state index in [1.54, 1.807) is 7.11 Å². The van der Waals surface area contributed by atoms with Crippen LogP contribution < -0.4 is 0 Å². The van der Waals surface area contributed by atoms with Gasteiger partial charge in [-0.3, -0.25) is 4.79 Å². The number of hydrogen-bond acceptors (Lipinski definition) is 2. The SMILES string of the molecule is COCCc1ccc(C(=O)C(F)(F)F)cc1. The molecule has 2 nitrogen and oxygen atoms in total. The number of halogens is 3. The summed E-state index contributed by atoms with van der Waals surface area (Å²) in [6, 6.07) is 5.36. The Hall–Kier alpha value is -1.36. The van der Waals surface area contributed by atoms with Crippen molar-refractivity contribution in [1.82, 2.24) is 0 Å². The maximum atomic E-state index is 12.1. The van der Waals surface area contributed by atoms with Gasteiger partial charge in [-0.25, -0.2) is 0 Å². The van der Waals surface area contributed by atoms with Gasteiger partial charge < -0.3 is 4.74 Å². The Morgan fingerprint density at radius 3 is 2.25 bits per heavy atom. The highest BCUT2D eigenvalue weighted by molar-refractivity contribution is 6.00. The van der Waals surface area contributed by atoms with E-state index < -0.39 is 12.0 Å². The van der Waals surface area contributed by atoms with Crippen LogP contribution in [0.25, 0.3) is 0 Å². The lowest BCUT2D eigenvalue weighted by Gasteiger charge is -2.06. The molecule has 0 aliphatic rings. The zero-order valence-electron chi connectivity index (χ0n) is 8.67. The average molecular weight is 232 g/mol. The van der Waals surface area contributed by atoms with Crippen LogP contribution in [-0.4, -0.2) is 25.7 Å². The zero-order chi connectivity index (χ0) is 12.2. The summed E-state index contributed by atoms with van der Waals surface area (Å²) < 4.78 is 41.0. The summed E-state index contributed by atoms with van der Waals surface area (Å²) >= 11 is 0. The lowest BCUT2D eigenvalue weighted by atomic mass is 10.1. The van der Waals surface area contributed by atoms with Gasteiger partial charge in [-0.15, -0.1) is 0 Å². The van der Waals surface area contributed by atoms with Crippen LogP contribution in [0.4, 0.5) is 13.2 Å². The third-order valence-electron chi connectivity index (χ3n) is 2.07. The van der Waals surface area contributed by atoms with Gasteiger partial charge in [0.15, 0.2) is 0 Å². The number of alkyl halides is 3. The third kappa shape index (κ3) is 3.34. The van der Waals surface area contributed by atoms with E-state index >= 15 is 0 Å². The van der Waals surface area contributed by atoms with Crippen LogP contribution in [0.3, 0.4) is 0 Å². The van der Waals surface area contributed by atoms with E-state index in [9.17, 15) is 18.0 Å². The maximum Gasteiger partial charge on any atom is 0.454 e. The monoisotopic (exact) mass is 232 g/mol. The van der Waals surface area contributed by atoms with Gasteiger partial charge in [0.1, 0.15) is 0 Å². The minimum atomic E-state index is -4.81. The number of carbonyl (C=O) groups excluding carboxylic acids is 1. The quantitative estimate of drug-likeness (QED) is 0.746. The molecule has 1 aromatic rings. The van der Waals surface area contributed by atoms with Gasteiger partial charge in [0, 0.05) is 12.7 Å². The molecule has 0 heterocycles. The second kappa shape index (κ2) is 5.12. The van der Waals surface area contributed by atoms with E-state index in [2.05, 4.69) is 0 Å². The smallest absolute Gasteiger partial charge is 0.384 e. The number of carbonyl (C=O) groups is 1. The predicted molar refractivity (Wildman–Crippen MR) is 52.4 cm³/mol. The topological polar surface area (TPSA) is 26.3 Å². The Bertz CT molecular complexity index is 354. The number of ether oxygens (including phenoxy) is 1. The molecule has 0 amide bonds. The van der Waals surface area contributed by atoms with Crippen molar-refractivity contribution in [2.45, 2.75) is 12.6 Å². The number of hydrogen-bond donors (Lipinski definition) is 0. The molecular weight excluding hydrogens is 221 g/mol. The van der Waals surface area contributed by atoms with E-state index in [0.717, 1.165) is 5.56 Å². The van der Waals surface area contributed by atoms with E-state index in [1.807, 2.05) is 0 Å². The normalized spacial score (nSPS) is 11.5. The summed E-state index contributed by atoms with van der Waals surface area (Å²) in [5.41, 5.74) is 0.495. The van der Waals surface area contributed by atoms with Gasteiger partial charge in [0.2, 0.25) is 0 Å². The fraction of sp³-hybridized carbons (Fsp3) is 0.364. The van der Waals surface area contributed by atoms with Gasteiger partial charge in [0.05, 0.1) is 6.61 Å². The minimum Gasteiger partial charge on any atom is -0.384 e. The second-order valence-corrected chi connectivity index (χ2v) is 3.27. The Kier molecular flexibility index (Phi) is 4.06. The van der Waals surface area contributed by atoms with Crippen molar-refractivity contribution in [3.05, 3.63) is 35.4 Å². The van der Waals surface area contributed by atoms with Crippen molar-refractivity contribution in [2.24, 2.45) is 0 Å². The summed E-state index contributed by atoms with van der Waals surface area (Å²) in [4.78, 5) is 10.8. The highest BCUT2D eigenvalue weighted by Crippen LogP contribution is 2.21. The molecule has 0 N–H and O–H groups in total. The van der Waals surface area contributed by atoms with E-state index in [4.69, 9.17) is 4.74 Å². The fourth-order valence-corrected chi connectivity index (χ4v) is 1.21. The standard InChI is InChI=1S/C11H11F3O2/c1-16-7-6-8-2-4-9(5-3-8)10(15)11(12,13)14/h2-5H,6-7H2,1H3. The number of rotatable bonds is 4. The molecular formula is C11H11F3O2. The molecule has 5 heteroatoms. The minimum absolute atomic E-state index is 0.339. The summed E-state index contributed by atoms with van der Waals surface area (Å²) in [6.45, 7) is 0.493. The predicted octanol–water partition coefficient (Wildman–Crippen LogP) is 2.62. The van der Waals surface area contributed by atoms with Crippen LogP contribution in [0.1, 0.15) is 15.9 Å². The molecule has 0 aliphatic heterocycles. The molecule has 0 radical (unpaired) electrons. The molecule has 0 saturated heterocycles. The molecule has 0 unspecified atom stereocenters. The number of benzene rings is 1. The number of Topliss-reactive ketones (excluding diaryl/α,β-unsaturated/α-hetero) is 1. The number of methoxy groups -OCH3 is 1. The van der Waals surface area contributed by atoms with Crippen molar-refractivity contribution in [3.8, 4) is 0 Å². The second-order valence-electron chi connectivity index (χ2n) is 3.27. The van der Waals surface area contributed by atoms with E-state index in [1.165, 1.54) is 24.3 Å². The van der Waals surface area contributed by atoms with Gasteiger partial charge in [0.25, 0.3) is 5.78 Å². The van der Waals surface area contributed by atoms with Crippen LogP contribution >= 0.6 is 0 Å². The first-order valence-electron chi connectivity index (χ1n) is 4.64. The highest BCUT2D eigenvalue weighted by Gasteiger charge is 2.38. The largest absolute Gasteiger partial charge is 0.454 e. The Morgan fingerprint density at radius 1 is 1.25 bits per heavy atom. The maximum absolute atomic E-state index is 12.1. The van der Waals surface area contributed by atoms with E-state index in [-0.39, 0.29) is 5.56 Å². The zero-order valence-corrected chi connectivity index (χ0v) is 8.67. The van der Waals surface area contributed by atoms with Crippen LogP contribution in [0, 0.1) is 0 Å². The average Bonchev–Trinajstić information content (AvgIpc) is 2.25. The van der Waals surface area contributed by atoms with Gasteiger partial charge in [-0.1, -0.05) is 24.3 Å². The fourth-order valence-electron chi connectivity index (χ4n) is 1.21. The molecule has 0 spiro atoms. The van der Waals surface area contributed by atoms with Crippen molar-refractivity contribution < 1.29 is 22.7 Å². The van der Waals surface area contributed by atoms with Crippen molar-refractivity contribution in [1.29, 1.82) is 0 Å². The molecule has 0 bridgehead atoms. The third-order valence-corrected chi connectivity index (χ3v) is 2.07. The Balaban J connectivity index is 2.75. The van der Waals surface area contributed by atoms with Crippen LogP contribution in [0.2, 0.25) is 0 Å². The summed E-state index contributed by atoms with van der Waals surface area (Å²) in [5, 5.41) is 0. The highest BCUT2D eigenvalue weighted by atomic mass is 19.4. The summed E-state index contributed by atoms with van der Waals surface area (Å²) in [5.74, 6) is -1.81. The first-order valence-corrected chi connectivity index (χ1v) is 4.64. The van der Waals surface area contributed by atoms with Crippen molar-refractivity contribution in [3.63, 3.8) is 0 Å². The molecule has 0 fully saturated rings. The number of ketones is 1. The molecule has 1 rings (SSSR count). The van der Waals surface area contributed by atoms with Crippen molar-refractivity contribution in [2.75, 3.05) is 13.7 Å². The first-order chi connectivity index (χ1) is 7.45. The first kappa shape index (κ1) is 12.7. The van der Waals surface area contributed by atoms with Crippen LogP contribution in [0.5, 0.6) is 0 Å². The van der Waals surface area contributed by atoms with Crippen molar-refractivity contribution >= 4 is 5.78 Å². The summed E-state index contributed by atoms with van der Waals surface area (Å²) in [6.07, 6.45) is -4.20. The van der Waals surface area contributed by atoms with Gasteiger partial charge >= 0.3 is 6.18 Å². The Labute approximate surface area is 91.0 Å². The molecule has 1 aromatic carbocycles. The Morgan fingerprint density at radius 2 is 1.81 bits per heavy atom. The molecule has 0 aromatic heterocycles. The molecule has 0 aliphatic carbocycles. The molecule has 0 atom stereocenters.